The molecule has 4 N–H and O–H groups in total. The monoisotopic (exact) mass is 213 g/mol. The van der Waals surface area contributed by atoms with Crippen molar-refractivity contribution in [1.82, 2.24) is 4.98 Å². The molecule has 80 valence electrons. The molecule has 0 aliphatic heterocycles. The van der Waals surface area contributed by atoms with Crippen molar-refractivity contribution in [2.75, 3.05) is 11.9 Å². The van der Waals surface area contributed by atoms with Gasteiger partial charge in [-0.25, -0.2) is 14.2 Å². The molecule has 0 bridgehead atoms. The molecule has 1 aromatic rings. The summed E-state index contributed by atoms with van der Waals surface area (Å²) in [6, 6.07) is 0.804. The van der Waals surface area contributed by atoms with Gasteiger partial charge in [0.1, 0.15) is 17.2 Å². The lowest BCUT2D eigenvalue weighted by atomic mass is 10.2. The second-order valence-electron chi connectivity index (χ2n) is 2.67. The maximum absolute atomic E-state index is 12.7. The Balaban J connectivity index is 2.95. The predicted octanol–water partition coefficient (Wildman–Crippen LogP) is -0.184. The standard InChI is InChI=1S/C8H8FN3O3/c9-4-1-5(8(14)15)7(11-2-4)12-3-6(10)13/h1-2H,3H2,(H2,10,13)(H,11,12)(H,14,15). The first kappa shape index (κ1) is 10.9. The van der Waals surface area contributed by atoms with Crippen LogP contribution in [-0.2, 0) is 4.79 Å². The maximum atomic E-state index is 12.7. The largest absolute Gasteiger partial charge is 0.478 e. The van der Waals surface area contributed by atoms with E-state index in [1.807, 2.05) is 0 Å². The van der Waals surface area contributed by atoms with Crippen LogP contribution in [0, 0.1) is 5.82 Å². The Hall–Kier alpha value is -2.18. The van der Waals surface area contributed by atoms with Gasteiger partial charge in [-0.05, 0) is 6.07 Å². The lowest BCUT2D eigenvalue weighted by molar-refractivity contribution is -0.116. The van der Waals surface area contributed by atoms with Crippen LogP contribution in [-0.4, -0.2) is 28.5 Å². The number of amides is 1. The molecule has 1 aromatic heterocycles. The minimum absolute atomic E-state index is 0.0947. The zero-order chi connectivity index (χ0) is 11.4. The molecule has 1 amide bonds. The van der Waals surface area contributed by atoms with Gasteiger partial charge in [0, 0.05) is 0 Å². The summed E-state index contributed by atoms with van der Waals surface area (Å²) in [5.41, 5.74) is 4.49. The van der Waals surface area contributed by atoms with Gasteiger partial charge in [-0.3, -0.25) is 4.79 Å². The summed E-state index contributed by atoms with van der Waals surface area (Å²) in [4.78, 5) is 24.6. The number of pyridine rings is 1. The fourth-order valence-corrected chi connectivity index (χ4v) is 0.914. The summed E-state index contributed by atoms with van der Waals surface area (Å²) in [5, 5.41) is 11.1. The van der Waals surface area contributed by atoms with Crippen LogP contribution in [0.4, 0.5) is 10.2 Å². The van der Waals surface area contributed by atoms with Gasteiger partial charge in [0.2, 0.25) is 5.91 Å². The number of aromatic carboxylic acids is 1. The summed E-state index contributed by atoms with van der Waals surface area (Å²) in [6.07, 6.45) is 0.843. The molecule has 0 aliphatic carbocycles. The summed E-state index contributed by atoms with van der Waals surface area (Å²) >= 11 is 0. The van der Waals surface area contributed by atoms with E-state index in [0.717, 1.165) is 12.3 Å². The van der Waals surface area contributed by atoms with Crippen molar-refractivity contribution in [2.45, 2.75) is 0 Å². The van der Waals surface area contributed by atoms with Gasteiger partial charge >= 0.3 is 5.97 Å². The number of carboxylic acid groups (broad SMARTS) is 1. The smallest absolute Gasteiger partial charge is 0.339 e. The number of nitrogens with one attached hydrogen (secondary N) is 1. The first-order valence-electron chi connectivity index (χ1n) is 3.91. The zero-order valence-electron chi connectivity index (χ0n) is 7.53. The van der Waals surface area contributed by atoms with E-state index in [-0.39, 0.29) is 17.9 Å². The van der Waals surface area contributed by atoms with Crippen molar-refractivity contribution in [3.63, 3.8) is 0 Å². The molecule has 1 heterocycles. The maximum Gasteiger partial charge on any atom is 0.339 e. The van der Waals surface area contributed by atoms with Crippen LogP contribution >= 0.6 is 0 Å². The number of hydrogen-bond acceptors (Lipinski definition) is 4. The molecular weight excluding hydrogens is 205 g/mol. The van der Waals surface area contributed by atoms with Crippen LogP contribution in [0.1, 0.15) is 10.4 Å². The second-order valence-corrected chi connectivity index (χ2v) is 2.67. The van der Waals surface area contributed by atoms with E-state index in [9.17, 15) is 14.0 Å². The number of carbonyl (C=O) groups excluding carboxylic acids is 1. The molecule has 0 atom stereocenters. The molecule has 6 nitrogen and oxygen atoms in total. The lowest BCUT2D eigenvalue weighted by Gasteiger charge is -2.05. The molecule has 0 fully saturated rings. The van der Waals surface area contributed by atoms with E-state index in [2.05, 4.69) is 10.3 Å². The van der Waals surface area contributed by atoms with Crippen molar-refractivity contribution in [3.8, 4) is 0 Å². The second kappa shape index (κ2) is 4.36. The molecule has 0 spiro atoms. The Morgan fingerprint density at radius 2 is 2.27 bits per heavy atom. The summed E-state index contributed by atoms with van der Waals surface area (Å²) in [5.74, 6) is -2.87. The van der Waals surface area contributed by atoms with Crippen LogP contribution in [0.15, 0.2) is 12.3 Å². The number of rotatable bonds is 4. The number of nitrogens with zero attached hydrogens (tertiary/aromatic N) is 1. The Morgan fingerprint density at radius 3 is 2.80 bits per heavy atom. The summed E-state index contributed by atoms with van der Waals surface area (Å²) < 4.78 is 12.7. The summed E-state index contributed by atoms with van der Waals surface area (Å²) in [7, 11) is 0. The average Bonchev–Trinajstić information content (AvgIpc) is 2.15. The topological polar surface area (TPSA) is 105 Å². The Labute approximate surface area is 83.9 Å². The van der Waals surface area contributed by atoms with Crippen molar-refractivity contribution in [2.24, 2.45) is 5.73 Å². The highest BCUT2D eigenvalue weighted by atomic mass is 19.1. The van der Waals surface area contributed by atoms with Crippen LogP contribution in [0.3, 0.4) is 0 Å². The molecule has 15 heavy (non-hydrogen) atoms. The van der Waals surface area contributed by atoms with E-state index < -0.39 is 17.7 Å². The molecule has 0 aliphatic rings. The van der Waals surface area contributed by atoms with E-state index in [1.165, 1.54) is 0 Å². The molecule has 0 aromatic carbocycles. The minimum Gasteiger partial charge on any atom is -0.478 e. The number of carboxylic acids is 1. The Morgan fingerprint density at radius 1 is 1.60 bits per heavy atom. The summed E-state index contributed by atoms with van der Waals surface area (Å²) in [6.45, 7) is -0.265. The fraction of sp³-hybridized carbons (Fsp3) is 0.125. The number of aromatic nitrogens is 1. The van der Waals surface area contributed by atoms with Gasteiger partial charge in [-0.2, -0.15) is 0 Å². The third-order valence-corrected chi connectivity index (χ3v) is 1.51. The van der Waals surface area contributed by atoms with Gasteiger partial charge in [0.05, 0.1) is 12.7 Å². The number of nitrogens with two attached hydrogens (primary N) is 1. The molecule has 0 saturated heterocycles. The number of halogens is 1. The van der Waals surface area contributed by atoms with Crippen molar-refractivity contribution < 1.29 is 19.1 Å². The third kappa shape index (κ3) is 2.90. The normalized spacial score (nSPS) is 9.67. The highest BCUT2D eigenvalue weighted by Crippen LogP contribution is 2.12. The third-order valence-electron chi connectivity index (χ3n) is 1.51. The number of hydrogen-bond donors (Lipinski definition) is 3. The first-order chi connectivity index (χ1) is 7.00. The number of anilines is 1. The van der Waals surface area contributed by atoms with Gasteiger partial charge in [-0.15, -0.1) is 0 Å². The molecule has 0 radical (unpaired) electrons. The molecule has 1 rings (SSSR count). The minimum atomic E-state index is -1.34. The highest BCUT2D eigenvalue weighted by molar-refractivity contribution is 5.93. The van der Waals surface area contributed by atoms with E-state index in [0.29, 0.717) is 0 Å². The molecule has 0 unspecified atom stereocenters. The average molecular weight is 213 g/mol. The predicted molar refractivity (Wildman–Crippen MR) is 48.8 cm³/mol. The van der Waals surface area contributed by atoms with E-state index in [4.69, 9.17) is 10.8 Å². The molecular formula is C8H8FN3O3. The van der Waals surface area contributed by atoms with Gasteiger partial charge < -0.3 is 16.2 Å². The van der Waals surface area contributed by atoms with Crippen LogP contribution in [0.5, 0.6) is 0 Å². The van der Waals surface area contributed by atoms with Crippen molar-refractivity contribution in [3.05, 3.63) is 23.6 Å². The molecule has 0 saturated carbocycles. The van der Waals surface area contributed by atoms with E-state index in [1.54, 1.807) is 0 Å². The zero-order valence-corrected chi connectivity index (χ0v) is 7.53. The highest BCUT2D eigenvalue weighted by Gasteiger charge is 2.12. The van der Waals surface area contributed by atoms with Crippen LogP contribution in [0.25, 0.3) is 0 Å². The number of primary amides is 1. The van der Waals surface area contributed by atoms with E-state index >= 15 is 0 Å². The molecule has 7 heteroatoms. The van der Waals surface area contributed by atoms with Crippen molar-refractivity contribution >= 4 is 17.7 Å². The first-order valence-corrected chi connectivity index (χ1v) is 3.91. The van der Waals surface area contributed by atoms with Gasteiger partial charge in [0.25, 0.3) is 0 Å². The van der Waals surface area contributed by atoms with Crippen molar-refractivity contribution in [1.29, 1.82) is 0 Å². The SMILES string of the molecule is NC(=O)CNc1ncc(F)cc1C(=O)O. The number of carbonyl (C=O) groups is 2. The Kier molecular flexibility index (Phi) is 3.17. The van der Waals surface area contributed by atoms with Crippen LogP contribution < -0.4 is 11.1 Å². The quantitative estimate of drug-likeness (QED) is 0.643. The Bertz CT molecular complexity index is 408. The lowest BCUT2D eigenvalue weighted by Crippen LogP contribution is -2.23. The van der Waals surface area contributed by atoms with Gasteiger partial charge in [-0.1, -0.05) is 0 Å². The van der Waals surface area contributed by atoms with Crippen LogP contribution in [0.2, 0.25) is 0 Å². The fourth-order valence-electron chi connectivity index (χ4n) is 0.914. The van der Waals surface area contributed by atoms with Gasteiger partial charge in [0.15, 0.2) is 0 Å².